The van der Waals surface area contributed by atoms with Gasteiger partial charge in [-0.1, -0.05) is 12.1 Å². The van der Waals surface area contributed by atoms with Gasteiger partial charge in [0.1, 0.15) is 5.52 Å². The van der Waals surface area contributed by atoms with Gasteiger partial charge in [0, 0.05) is 36.8 Å². The highest BCUT2D eigenvalue weighted by Gasteiger charge is 2.30. The van der Waals surface area contributed by atoms with Crippen molar-refractivity contribution in [3.05, 3.63) is 53.9 Å². The smallest absolute Gasteiger partial charge is 0.172 e. The van der Waals surface area contributed by atoms with E-state index in [1.807, 2.05) is 6.07 Å². The number of nitrogens with zero attached hydrogens (tertiary/aromatic N) is 5. The molecule has 1 saturated heterocycles. The number of carbonyl (C=O) groups excluding carboxylic acids is 1. The van der Waals surface area contributed by atoms with Gasteiger partial charge in [-0.3, -0.25) is 9.78 Å². The molecule has 0 spiro atoms. The summed E-state index contributed by atoms with van der Waals surface area (Å²) in [6.07, 6.45) is 7.30. The van der Waals surface area contributed by atoms with Gasteiger partial charge >= 0.3 is 0 Å². The molecule has 0 unspecified atom stereocenters. The fourth-order valence-corrected chi connectivity index (χ4v) is 3.97. The molecule has 7 heteroatoms. The SMILES string of the molecule is N#Cc1cccc(C(=O)C2CCN(c3nc4cnccc4nc3NC3CC3)CC2)c1. The Labute approximate surface area is 174 Å². The number of pyridine rings is 1. The van der Waals surface area contributed by atoms with Gasteiger partial charge in [-0.25, -0.2) is 9.97 Å². The van der Waals surface area contributed by atoms with Gasteiger partial charge in [0.2, 0.25) is 0 Å². The summed E-state index contributed by atoms with van der Waals surface area (Å²) in [5.74, 6) is 1.75. The normalized spacial score (nSPS) is 17.0. The largest absolute Gasteiger partial charge is 0.364 e. The number of hydrogen-bond donors (Lipinski definition) is 1. The van der Waals surface area contributed by atoms with Crippen molar-refractivity contribution < 1.29 is 4.79 Å². The Balaban J connectivity index is 1.35. The lowest BCUT2D eigenvalue weighted by Gasteiger charge is -2.33. The zero-order chi connectivity index (χ0) is 20.5. The van der Waals surface area contributed by atoms with E-state index in [1.165, 1.54) is 0 Å². The number of fused-ring (bicyclic) bond motifs is 1. The number of carbonyl (C=O) groups is 1. The summed E-state index contributed by atoms with van der Waals surface area (Å²) in [5.41, 5.74) is 2.76. The van der Waals surface area contributed by atoms with Gasteiger partial charge in [-0.15, -0.1) is 0 Å². The predicted molar refractivity (Wildman–Crippen MR) is 114 cm³/mol. The van der Waals surface area contributed by atoms with Crippen molar-refractivity contribution in [3.63, 3.8) is 0 Å². The van der Waals surface area contributed by atoms with Crippen LogP contribution in [0.5, 0.6) is 0 Å². The van der Waals surface area contributed by atoms with Gasteiger partial charge in [-0.2, -0.15) is 5.26 Å². The van der Waals surface area contributed by atoms with E-state index in [4.69, 9.17) is 15.2 Å². The van der Waals surface area contributed by atoms with Crippen LogP contribution in [0.15, 0.2) is 42.7 Å². The van der Waals surface area contributed by atoms with Crippen molar-refractivity contribution in [1.29, 1.82) is 5.26 Å². The first kappa shape index (κ1) is 18.5. The highest BCUT2D eigenvalue weighted by Crippen LogP contribution is 2.33. The minimum absolute atomic E-state index is 0.0369. The Morgan fingerprint density at radius 3 is 2.70 bits per heavy atom. The molecule has 2 aliphatic rings. The van der Waals surface area contributed by atoms with Crippen molar-refractivity contribution in [3.8, 4) is 6.07 Å². The van der Waals surface area contributed by atoms with Crippen molar-refractivity contribution >= 4 is 28.5 Å². The van der Waals surface area contributed by atoms with Crippen LogP contribution in [0.4, 0.5) is 11.6 Å². The van der Waals surface area contributed by atoms with E-state index in [-0.39, 0.29) is 11.7 Å². The molecule has 1 aliphatic heterocycles. The number of ketones is 1. The second kappa shape index (κ2) is 7.71. The third-order valence-corrected chi connectivity index (χ3v) is 5.81. The second-order valence-corrected chi connectivity index (χ2v) is 8.00. The van der Waals surface area contributed by atoms with E-state index in [0.29, 0.717) is 17.2 Å². The van der Waals surface area contributed by atoms with E-state index in [0.717, 1.165) is 61.4 Å². The minimum Gasteiger partial charge on any atom is -0.364 e. The molecule has 1 aliphatic carbocycles. The summed E-state index contributed by atoms with van der Waals surface area (Å²) in [6.45, 7) is 1.49. The first-order chi connectivity index (χ1) is 14.7. The Morgan fingerprint density at radius 1 is 1.10 bits per heavy atom. The first-order valence-corrected chi connectivity index (χ1v) is 10.4. The molecule has 1 aromatic carbocycles. The quantitative estimate of drug-likeness (QED) is 0.657. The van der Waals surface area contributed by atoms with E-state index in [2.05, 4.69) is 21.3 Å². The molecule has 3 heterocycles. The van der Waals surface area contributed by atoms with Crippen LogP contribution in [-0.4, -0.2) is 39.9 Å². The van der Waals surface area contributed by atoms with Crippen molar-refractivity contribution in [2.24, 2.45) is 5.92 Å². The van der Waals surface area contributed by atoms with Gasteiger partial charge in [-0.05, 0) is 43.9 Å². The van der Waals surface area contributed by atoms with Gasteiger partial charge < -0.3 is 10.2 Å². The Morgan fingerprint density at radius 2 is 1.93 bits per heavy atom. The first-order valence-electron chi connectivity index (χ1n) is 10.4. The number of anilines is 2. The molecule has 0 radical (unpaired) electrons. The molecule has 1 N–H and O–H groups in total. The molecule has 0 atom stereocenters. The lowest BCUT2D eigenvalue weighted by atomic mass is 9.88. The van der Waals surface area contributed by atoms with E-state index < -0.39 is 0 Å². The average molecular weight is 398 g/mol. The van der Waals surface area contributed by atoms with Crippen LogP contribution in [-0.2, 0) is 0 Å². The molecule has 1 saturated carbocycles. The van der Waals surface area contributed by atoms with E-state index in [9.17, 15) is 4.79 Å². The number of Topliss-reactive ketones (excluding diaryl/α,β-unsaturated/α-hetero) is 1. The maximum absolute atomic E-state index is 12.9. The Hall–Kier alpha value is -3.53. The van der Waals surface area contributed by atoms with Gasteiger partial charge in [0.25, 0.3) is 0 Å². The van der Waals surface area contributed by atoms with E-state index in [1.54, 1.807) is 36.7 Å². The molecule has 150 valence electrons. The zero-order valence-electron chi connectivity index (χ0n) is 16.6. The Bertz CT molecular complexity index is 1140. The van der Waals surface area contributed by atoms with Crippen LogP contribution in [0.1, 0.15) is 41.6 Å². The second-order valence-electron chi connectivity index (χ2n) is 8.00. The zero-order valence-corrected chi connectivity index (χ0v) is 16.6. The number of rotatable bonds is 5. The van der Waals surface area contributed by atoms with Crippen LogP contribution in [0.25, 0.3) is 11.0 Å². The molecule has 3 aromatic rings. The standard InChI is InChI=1S/C23H22N6O/c24-13-15-2-1-3-17(12-15)21(30)16-7-10-29(11-8-16)23-22(26-18-4-5-18)27-19-6-9-25-14-20(19)28-23/h1-3,6,9,12,14,16,18H,4-5,7-8,10-11H2,(H,26,27). The van der Waals surface area contributed by atoms with Crippen LogP contribution in [0.2, 0.25) is 0 Å². The fourth-order valence-electron chi connectivity index (χ4n) is 3.97. The average Bonchev–Trinajstić information content (AvgIpc) is 3.62. The number of hydrogen-bond acceptors (Lipinski definition) is 7. The highest BCUT2D eigenvalue weighted by molar-refractivity contribution is 5.98. The molecule has 2 aromatic heterocycles. The number of piperidine rings is 1. The molecule has 2 fully saturated rings. The molecule has 5 rings (SSSR count). The number of aromatic nitrogens is 3. The summed E-state index contributed by atoms with van der Waals surface area (Å²) < 4.78 is 0. The lowest BCUT2D eigenvalue weighted by molar-refractivity contribution is 0.0900. The fraction of sp³-hybridized carbons (Fsp3) is 0.348. The third-order valence-electron chi connectivity index (χ3n) is 5.81. The van der Waals surface area contributed by atoms with Crippen molar-refractivity contribution in [1.82, 2.24) is 15.0 Å². The van der Waals surface area contributed by atoms with Crippen LogP contribution >= 0.6 is 0 Å². The van der Waals surface area contributed by atoms with Gasteiger partial charge in [0.05, 0.1) is 23.3 Å². The number of benzene rings is 1. The van der Waals surface area contributed by atoms with Crippen molar-refractivity contribution in [2.45, 2.75) is 31.7 Å². The predicted octanol–water partition coefficient (Wildman–Crippen LogP) is 3.57. The summed E-state index contributed by atoms with van der Waals surface area (Å²) in [4.78, 5) is 29.0. The molecular weight excluding hydrogens is 376 g/mol. The topological polar surface area (TPSA) is 94.8 Å². The summed E-state index contributed by atoms with van der Waals surface area (Å²) >= 11 is 0. The summed E-state index contributed by atoms with van der Waals surface area (Å²) in [6, 6.07) is 11.4. The molecule has 0 bridgehead atoms. The molecular formula is C23H22N6O. The molecule has 0 amide bonds. The summed E-state index contributed by atoms with van der Waals surface area (Å²) in [7, 11) is 0. The van der Waals surface area contributed by atoms with E-state index >= 15 is 0 Å². The van der Waals surface area contributed by atoms with Crippen LogP contribution in [0.3, 0.4) is 0 Å². The lowest BCUT2D eigenvalue weighted by Crippen LogP contribution is -2.37. The van der Waals surface area contributed by atoms with Gasteiger partial charge in [0.15, 0.2) is 17.4 Å². The minimum atomic E-state index is -0.0369. The molecule has 30 heavy (non-hydrogen) atoms. The highest BCUT2D eigenvalue weighted by atomic mass is 16.1. The number of nitriles is 1. The molecule has 7 nitrogen and oxygen atoms in total. The monoisotopic (exact) mass is 398 g/mol. The maximum Gasteiger partial charge on any atom is 0.172 e. The maximum atomic E-state index is 12.9. The van der Waals surface area contributed by atoms with Crippen LogP contribution in [0, 0.1) is 17.2 Å². The Kier molecular flexibility index (Phi) is 4.75. The van der Waals surface area contributed by atoms with Crippen LogP contribution < -0.4 is 10.2 Å². The summed E-state index contributed by atoms with van der Waals surface area (Å²) in [5, 5.41) is 12.6. The third kappa shape index (κ3) is 3.69. The number of nitrogens with one attached hydrogen (secondary N) is 1. The van der Waals surface area contributed by atoms with Crippen molar-refractivity contribution in [2.75, 3.05) is 23.3 Å².